The van der Waals surface area contributed by atoms with Crippen molar-refractivity contribution in [1.82, 2.24) is 0 Å². The number of ether oxygens (including phenoxy) is 1. The summed E-state index contributed by atoms with van der Waals surface area (Å²) in [5, 5.41) is 0. The van der Waals surface area contributed by atoms with Gasteiger partial charge in [0.15, 0.2) is 0 Å². The van der Waals surface area contributed by atoms with Crippen LogP contribution in [0.25, 0.3) is 0 Å². The van der Waals surface area contributed by atoms with E-state index in [0.29, 0.717) is 0 Å². The average Bonchev–Trinajstić information content (AvgIpc) is 2.10. The number of hydrogen-bond acceptors (Lipinski definition) is 2. The van der Waals surface area contributed by atoms with Crippen LogP contribution in [0.5, 0.6) is 0 Å². The van der Waals surface area contributed by atoms with Crippen molar-refractivity contribution in [3.8, 4) is 0 Å². The molecule has 0 heterocycles. The van der Waals surface area contributed by atoms with Crippen molar-refractivity contribution in [3.05, 3.63) is 23.8 Å². The van der Waals surface area contributed by atoms with Gasteiger partial charge in [-0.15, -0.1) is 0 Å². The normalized spacial score (nSPS) is 12.1. The SMILES string of the molecule is CCC/C=C(C)/C=C/C(=O)OC. The van der Waals surface area contributed by atoms with Crippen molar-refractivity contribution in [1.29, 1.82) is 0 Å². The summed E-state index contributed by atoms with van der Waals surface area (Å²) in [5.74, 6) is -0.306. The van der Waals surface area contributed by atoms with E-state index in [1.54, 1.807) is 6.08 Å². The van der Waals surface area contributed by atoms with Gasteiger partial charge in [0.05, 0.1) is 7.11 Å². The molecule has 0 aromatic rings. The summed E-state index contributed by atoms with van der Waals surface area (Å²) in [7, 11) is 1.37. The molecule has 2 heteroatoms. The fourth-order valence-electron chi connectivity index (χ4n) is 0.708. The monoisotopic (exact) mass is 168 g/mol. The zero-order valence-corrected chi connectivity index (χ0v) is 7.96. The van der Waals surface area contributed by atoms with Crippen molar-refractivity contribution in [2.45, 2.75) is 26.7 Å². The van der Waals surface area contributed by atoms with Crippen LogP contribution in [0.2, 0.25) is 0 Å². The molecule has 0 aliphatic rings. The first kappa shape index (κ1) is 11.0. The number of carbonyl (C=O) groups excluding carboxylic acids is 1. The molecule has 12 heavy (non-hydrogen) atoms. The highest BCUT2D eigenvalue weighted by Crippen LogP contribution is 1.99. The van der Waals surface area contributed by atoms with E-state index < -0.39 is 0 Å². The molecule has 0 saturated heterocycles. The lowest BCUT2D eigenvalue weighted by Crippen LogP contribution is -1.93. The first-order valence-corrected chi connectivity index (χ1v) is 4.13. The minimum atomic E-state index is -0.306. The number of carbonyl (C=O) groups is 1. The Bertz CT molecular complexity index is 190. The number of esters is 1. The van der Waals surface area contributed by atoms with Crippen LogP contribution in [-0.2, 0) is 9.53 Å². The molecule has 68 valence electrons. The summed E-state index contributed by atoms with van der Waals surface area (Å²) in [6, 6.07) is 0. The largest absolute Gasteiger partial charge is 0.466 e. The molecular weight excluding hydrogens is 152 g/mol. The molecule has 0 unspecified atom stereocenters. The van der Waals surface area contributed by atoms with Gasteiger partial charge >= 0.3 is 5.97 Å². The minimum absolute atomic E-state index is 0.306. The third-order valence-corrected chi connectivity index (χ3v) is 1.44. The smallest absolute Gasteiger partial charge is 0.330 e. The van der Waals surface area contributed by atoms with Gasteiger partial charge in [0.2, 0.25) is 0 Å². The van der Waals surface area contributed by atoms with Crippen LogP contribution in [0.15, 0.2) is 23.8 Å². The van der Waals surface area contributed by atoms with Gasteiger partial charge in [-0.1, -0.05) is 31.1 Å². The third kappa shape index (κ3) is 5.71. The second kappa shape index (κ2) is 6.65. The lowest BCUT2D eigenvalue weighted by Gasteiger charge is -1.91. The Kier molecular flexibility index (Phi) is 6.07. The number of methoxy groups -OCH3 is 1. The van der Waals surface area contributed by atoms with E-state index in [0.717, 1.165) is 18.4 Å². The standard InChI is InChI=1S/C10H16O2/c1-4-5-6-9(2)7-8-10(11)12-3/h6-8H,4-5H2,1-3H3/b8-7+,9-6+. The van der Waals surface area contributed by atoms with Gasteiger partial charge in [0.25, 0.3) is 0 Å². The van der Waals surface area contributed by atoms with Crippen molar-refractivity contribution in [2.24, 2.45) is 0 Å². The minimum Gasteiger partial charge on any atom is -0.466 e. The van der Waals surface area contributed by atoms with Gasteiger partial charge in [-0.25, -0.2) is 4.79 Å². The van der Waals surface area contributed by atoms with Gasteiger partial charge < -0.3 is 4.74 Å². The highest BCUT2D eigenvalue weighted by Gasteiger charge is 1.89. The van der Waals surface area contributed by atoms with Crippen LogP contribution in [0.1, 0.15) is 26.7 Å². The molecule has 0 fully saturated rings. The Hall–Kier alpha value is -1.05. The maximum Gasteiger partial charge on any atom is 0.330 e. The van der Waals surface area contributed by atoms with E-state index in [4.69, 9.17) is 0 Å². The summed E-state index contributed by atoms with van der Waals surface area (Å²) in [5.41, 5.74) is 1.10. The molecule has 0 aromatic heterocycles. The Morgan fingerprint density at radius 1 is 1.42 bits per heavy atom. The zero-order chi connectivity index (χ0) is 9.40. The maximum atomic E-state index is 10.7. The van der Waals surface area contributed by atoms with Crippen LogP contribution < -0.4 is 0 Å². The zero-order valence-electron chi connectivity index (χ0n) is 7.96. The van der Waals surface area contributed by atoms with Crippen molar-refractivity contribution in [2.75, 3.05) is 7.11 Å². The second-order valence-corrected chi connectivity index (χ2v) is 2.59. The first-order valence-electron chi connectivity index (χ1n) is 4.13. The molecule has 0 atom stereocenters. The predicted molar refractivity (Wildman–Crippen MR) is 49.8 cm³/mol. The van der Waals surface area contributed by atoms with E-state index >= 15 is 0 Å². The molecule has 0 aliphatic carbocycles. The van der Waals surface area contributed by atoms with Gasteiger partial charge in [0.1, 0.15) is 0 Å². The van der Waals surface area contributed by atoms with Crippen LogP contribution >= 0.6 is 0 Å². The predicted octanol–water partition coefficient (Wildman–Crippen LogP) is 2.46. The van der Waals surface area contributed by atoms with Gasteiger partial charge in [0, 0.05) is 6.08 Å². The van der Waals surface area contributed by atoms with Crippen molar-refractivity contribution < 1.29 is 9.53 Å². The fraction of sp³-hybridized carbons (Fsp3) is 0.500. The summed E-state index contributed by atoms with van der Waals surface area (Å²) in [6.07, 6.45) is 7.48. The summed E-state index contributed by atoms with van der Waals surface area (Å²) in [4.78, 5) is 10.7. The molecule has 2 nitrogen and oxygen atoms in total. The van der Waals surface area contributed by atoms with Crippen LogP contribution in [0.4, 0.5) is 0 Å². The van der Waals surface area contributed by atoms with E-state index in [-0.39, 0.29) is 5.97 Å². The highest BCUT2D eigenvalue weighted by atomic mass is 16.5. The summed E-state index contributed by atoms with van der Waals surface area (Å²) >= 11 is 0. The van der Waals surface area contributed by atoms with E-state index in [1.165, 1.54) is 13.2 Å². The molecule has 0 radical (unpaired) electrons. The lowest BCUT2D eigenvalue weighted by atomic mass is 10.2. The number of hydrogen-bond donors (Lipinski definition) is 0. The molecule has 0 spiro atoms. The summed E-state index contributed by atoms with van der Waals surface area (Å²) in [6.45, 7) is 4.09. The molecular formula is C10H16O2. The topological polar surface area (TPSA) is 26.3 Å². The molecule has 0 rings (SSSR count). The van der Waals surface area contributed by atoms with E-state index in [1.807, 2.05) is 6.92 Å². The highest BCUT2D eigenvalue weighted by molar-refractivity contribution is 5.82. The lowest BCUT2D eigenvalue weighted by molar-refractivity contribution is -0.134. The molecule has 0 N–H and O–H groups in total. The number of unbranched alkanes of at least 4 members (excludes halogenated alkanes) is 1. The van der Waals surface area contributed by atoms with Crippen molar-refractivity contribution >= 4 is 5.97 Å². The van der Waals surface area contributed by atoms with Crippen LogP contribution in [-0.4, -0.2) is 13.1 Å². The molecule has 0 bridgehead atoms. The van der Waals surface area contributed by atoms with Crippen molar-refractivity contribution in [3.63, 3.8) is 0 Å². The number of rotatable bonds is 4. The number of allylic oxidation sites excluding steroid dienone is 3. The Morgan fingerprint density at radius 2 is 2.08 bits per heavy atom. The Balaban J connectivity index is 3.89. The second-order valence-electron chi connectivity index (χ2n) is 2.59. The fourth-order valence-corrected chi connectivity index (χ4v) is 0.708. The van der Waals surface area contributed by atoms with Gasteiger partial charge in [-0.3, -0.25) is 0 Å². The van der Waals surface area contributed by atoms with E-state index in [9.17, 15) is 4.79 Å². The Morgan fingerprint density at radius 3 is 2.58 bits per heavy atom. The maximum absolute atomic E-state index is 10.7. The molecule has 0 aromatic carbocycles. The Labute approximate surface area is 73.9 Å². The van der Waals surface area contributed by atoms with Gasteiger partial charge in [-0.2, -0.15) is 0 Å². The van der Waals surface area contributed by atoms with Crippen LogP contribution in [0.3, 0.4) is 0 Å². The molecule has 0 saturated carbocycles. The third-order valence-electron chi connectivity index (χ3n) is 1.44. The first-order chi connectivity index (χ1) is 5.70. The van der Waals surface area contributed by atoms with Crippen LogP contribution in [0, 0.1) is 0 Å². The van der Waals surface area contributed by atoms with Gasteiger partial charge in [-0.05, 0) is 13.3 Å². The molecule has 0 aliphatic heterocycles. The quantitative estimate of drug-likeness (QED) is 0.366. The summed E-state index contributed by atoms with van der Waals surface area (Å²) < 4.78 is 4.45. The molecule has 0 amide bonds. The average molecular weight is 168 g/mol. The van der Waals surface area contributed by atoms with E-state index in [2.05, 4.69) is 17.7 Å².